The zero-order valence-electron chi connectivity index (χ0n) is 10.2. The van der Waals surface area contributed by atoms with Gasteiger partial charge in [0.1, 0.15) is 0 Å². The van der Waals surface area contributed by atoms with E-state index >= 15 is 0 Å². The Balaban J connectivity index is 2.08. The second-order valence-corrected chi connectivity index (χ2v) is 4.99. The van der Waals surface area contributed by atoms with Gasteiger partial charge in [-0.05, 0) is 6.92 Å². The summed E-state index contributed by atoms with van der Waals surface area (Å²) in [5, 5.41) is 0. The van der Waals surface area contributed by atoms with E-state index in [4.69, 9.17) is 9.47 Å². The highest BCUT2D eigenvalue weighted by Crippen LogP contribution is 2.30. The third kappa shape index (κ3) is 2.56. The molecular weight excluding hydrogens is 216 g/mol. The number of carbonyl (C=O) groups excluding carboxylic acids is 1. The molecule has 2 atom stereocenters. The van der Waals surface area contributed by atoms with Crippen LogP contribution in [0.2, 0.25) is 0 Å². The van der Waals surface area contributed by atoms with Crippen molar-refractivity contribution in [2.24, 2.45) is 5.41 Å². The summed E-state index contributed by atoms with van der Waals surface area (Å²) < 4.78 is 11.0. The van der Waals surface area contributed by atoms with Crippen molar-refractivity contribution in [1.29, 1.82) is 0 Å². The zero-order chi connectivity index (χ0) is 12.5. The van der Waals surface area contributed by atoms with Crippen molar-refractivity contribution >= 4 is 5.78 Å². The van der Waals surface area contributed by atoms with Crippen molar-refractivity contribution < 1.29 is 14.3 Å². The molecule has 0 aliphatic carbocycles. The van der Waals surface area contributed by atoms with Gasteiger partial charge in [0.05, 0.1) is 12.7 Å². The Bertz CT molecular complexity index is 397. The van der Waals surface area contributed by atoms with Crippen molar-refractivity contribution in [3.63, 3.8) is 0 Å². The molecule has 1 aliphatic heterocycles. The van der Waals surface area contributed by atoms with Crippen molar-refractivity contribution in [2.75, 3.05) is 6.61 Å². The van der Waals surface area contributed by atoms with Crippen LogP contribution >= 0.6 is 0 Å². The van der Waals surface area contributed by atoms with Crippen LogP contribution in [0.5, 0.6) is 0 Å². The van der Waals surface area contributed by atoms with Crippen LogP contribution in [0.4, 0.5) is 0 Å². The molecule has 1 fully saturated rings. The van der Waals surface area contributed by atoms with Crippen molar-refractivity contribution in [1.82, 2.24) is 0 Å². The number of Topliss-reactive ketones (excluding diaryl/α,β-unsaturated/α-hetero) is 1. The third-order valence-electron chi connectivity index (χ3n) is 3.04. The van der Waals surface area contributed by atoms with Crippen LogP contribution in [-0.2, 0) is 9.47 Å². The molecule has 0 amide bonds. The normalized spacial score (nSPS) is 27.7. The minimum atomic E-state index is -0.826. The first kappa shape index (κ1) is 12.3. The van der Waals surface area contributed by atoms with Crippen molar-refractivity contribution in [3.8, 4) is 0 Å². The summed E-state index contributed by atoms with van der Waals surface area (Å²) in [6.07, 6.45) is -1.07. The molecule has 0 N–H and O–H groups in total. The van der Waals surface area contributed by atoms with Gasteiger partial charge in [-0.3, -0.25) is 4.79 Å². The predicted molar refractivity (Wildman–Crippen MR) is 64.5 cm³/mol. The Morgan fingerprint density at radius 1 is 1.35 bits per heavy atom. The molecule has 1 radical (unpaired) electrons. The van der Waals surface area contributed by atoms with E-state index in [1.807, 2.05) is 32.0 Å². The molecule has 3 heteroatoms. The van der Waals surface area contributed by atoms with Crippen molar-refractivity contribution in [3.05, 3.63) is 42.8 Å². The summed E-state index contributed by atoms with van der Waals surface area (Å²) in [6, 6.07) is 9.02. The fourth-order valence-electron chi connectivity index (χ4n) is 1.63. The molecular formula is C14H17O3. The molecule has 1 aromatic rings. The van der Waals surface area contributed by atoms with Crippen LogP contribution in [0.25, 0.3) is 0 Å². The maximum atomic E-state index is 12.1. The van der Waals surface area contributed by atoms with Gasteiger partial charge in [-0.15, -0.1) is 0 Å². The molecule has 1 aromatic carbocycles. The topological polar surface area (TPSA) is 35.5 Å². The van der Waals surface area contributed by atoms with E-state index in [0.717, 1.165) is 0 Å². The molecule has 17 heavy (non-hydrogen) atoms. The molecule has 3 nitrogen and oxygen atoms in total. The summed E-state index contributed by atoms with van der Waals surface area (Å²) in [4.78, 5) is 12.1. The molecule has 1 heterocycles. The lowest BCUT2D eigenvalue weighted by molar-refractivity contribution is -0.222. The largest absolute Gasteiger partial charge is 0.345 e. The Labute approximate surface area is 102 Å². The quantitative estimate of drug-likeness (QED) is 0.736. The zero-order valence-corrected chi connectivity index (χ0v) is 10.2. The number of ketones is 1. The molecule has 2 unspecified atom stereocenters. The van der Waals surface area contributed by atoms with Gasteiger partial charge in [-0.2, -0.15) is 0 Å². The highest BCUT2D eigenvalue weighted by atomic mass is 16.7. The lowest BCUT2D eigenvalue weighted by Gasteiger charge is -2.39. The van der Waals surface area contributed by atoms with E-state index in [2.05, 4.69) is 6.92 Å². The molecule has 0 bridgehead atoms. The van der Waals surface area contributed by atoms with Gasteiger partial charge in [-0.25, -0.2) is 0 Å². The highest BCUT2D eigenvalue weighted by Gasteiger charge is 2.38. The predicted octanol–water partition coefficient (Wildman–Crippen LogP) is 2.47. The number of ether oxygens (including phenoxy) is 2. The average Bonchev–Trinajstić information content (AvgIpc) is 2.33. The minimum absolute atomic E-state index is 0.144. The lowest BCUT2D eigenvalue weighted by atomic mass is 9.87. The monoisotopic (exact) mass is 233 g/mol. The first-order chi connectivity index (χ1) is 8.00. The van der Waals surface area contributed by atoms with E-state index in [9.17, 15) is 4.79 Å². The Morgan fingerprint density at radius 2 is 2.00 bits per heavy atom. The third-order valence-corrected chi connectivity index (χ3v) is 3.04. The molecule has 2 rings (SSSR count). The molecule has 0 saturated carbocycles. The van der Waals surface area contributed by atoms with Gasteiger partial charge in [-0.1, -0.05) is 44.2 Å². The average molecular weight is 233 g/mol. The molecule has 1 saturated heterocycles. The number of carbonyl (C=O) groups is 1. The SMILES string of the molecule is [CH2]C1OC(C(=O)c2ccccc2)OCC1(C)C. The Hall–Kier alpha value is -1.19. The van der Waals surface area contributed by atoms with Crippen LogP contribution < -0.4 is 0 Å². The van der Waals surface area contributed by atoms with E-state index in [0.29, 0.717) is 12.2 Å². The molecule has 1 aliphatic rings. The number of hydrogen-bond acceptors (Lipinski definition) is 3. The van der Waals surface area contributed by atoms with E-state index in [-0.39, 0.29) is 17.3 Å². The van der Waals surface area contributed by atoms with Crippen LogP contribution in [0.3, 0.4) is 0 Å². The summed E-state index contributed by atoms with van der Waals surface area (Å²) >= 11 is 0. The maximum absolute atomic E-state index is 12.1. The van der Waals surface area contributed by atoms with E-state index < -0.39 is 6.29 Å². The maximum Gasteiger partial charge on any atom is 0.222 e. The summed E-state index contributed by atoms with van der Waals surface area (Å²) in [6.45, 7) is 8.41. The summed E-state index contributed by atoms with van der Waals surface area (Å²) in [7, 11) is 0. The number of hydrogen-bond donors (Lipinski definition) is 0. The summed E-state index contributed by atoms with van der Waals surface area (Å²) in [5.41, 5.74) is 0.442. The van der Waals surface area contributed by atoms with Gasteiger partial charge in [0.25, 0.3) is 0 Å². The first-order valence-electron chi connectivity index (χ1n) is 5.70. The Morgan fingerprint density at radius 3 is 2.59 bits per heavy atom. The second-order valence-electron chi connectivity index (χ2n) is 4.99. The van der Waals surface area contributed by atoms with Gasteiger partial charge >= 0.3 is 0 Å². The molecule has 0 aromatic heterocycles. The number of benzene rings is 1. The minimum Gasteiger partial charge on any atom is -0.345 e. The summed E-state index contributed by atoms with van der Waals surface area (Å²) in [5.74, 6) is -0.144. The van der Waals surface area contributed by atoms with Crippen LogP contribution in [-0.4, -0.2) is 24.8 Å². The first-order valence-corrected chi connectivity index (χ1v) is 5.70. The van der Waals surface area contributed by atoms with Gasteiger partial charge < -0.3 is 9.47 Å². The van der Waals surface area contributed by atoms with Crippen molar-refractivity contribution in [2.45, 2.75) is 26.2 Å². The highest BCUT2D eigenvalue weighted by molar-refractivity contribution is 5.98. The van der Waals surface area contributed by atoms with Crippen LogP contribution in [0.15, 0.2) is 30.3 Å². The van der Waals surface area contributed by atoms with Crippen LogP contribution in [0.1, 0.15) is 24.2 Å². The standard InChI is InChI=1S/C14H17O3/c1-10-14(2,3)9-16-13(17-10)12(15)11-7-5-4-6-8-11/h4-8,10,13H,1,9H2,2-3H3. The van der Waals surface area contributed by atoms with E-state index in [1.165, 1.54) is 0 Å². The fourth-order valence-corrected chi connectivity index (χ4v) is 1.63. The molecule has 0 spiro atoms. The lowest BCUT2D eigenvalue weighted by Crippen LogP contribution is -2.47. The smallest absolute Gasteiger partial charge is 0.222 e. The second kappa shape index (κ2) is 4.59. The van der Waals surface area contributed by atoms with E-state index in [1.54, 1.807) is 12.1 Å². The van der Waals surface area contributed by atoms with Gasteiger partial charge in [0.2, 0.25) is 12.1 Å². The van der Waals surface area contributed by atoms with Crippen LogP contribution in [0, 0.1) is 12.3 Å². The van der Waals surface area contributed by atoms with Gasteiger partial charge in [0, 0.05) is 11.0 Å². The Kier molecular flexibility index (Phi) is 3.31. The molecule has 91 valence electrons. The number of rotatable bonds is 2. The fraction of sp³-hybridized carbons (Fsp3) is 0.429. The van der Waals surface area contributed by atoms with Gasteiger partial charge in [0.15, 0.2) is 0 Å².